The molecule has 0 N–H and O–H groups in total. The lowest BCUT2D eigenvalue weighted by Gasteiger charge is -2.13. The van der Waals surface area contributed by atoms with E-state index in [9.17, 15) is 0 Å². The third-order valence-corrected chi connectivity index (χ3v) is 1.51. The first-order chi connectivity index (χ1) is 5.79. The van der Waals surface area contributed by atoms with Crippen LogP contribution < -0.4 is 0 Å². The van der Waals surface area contributed by atoms with Gasteiger partial charge >= 0.3 is 0 Å². The van der Waals surface area contributed by atoms with Crippen LogP contribution in [0, 0.1) is 0 Å². The van der Waals surface area contributed by atoms with Gasteiger partial charge < -0.3 is 9.47 Å². The van der Waals surface area contributed by atoms with Crippen LogP contribution in [0.5, 0.6) is 0 Å². The lowest BCUT2D eigenvalue weighted by atomic mass is 10.3. The predicted octanol–water partition coefficient (Wildman–Crippen LogP) is 2.05. The maximum absolute atomic E-state index is 5.38. The SMILES string of the molecule is C=C1/C=C\C=C/COC(C)CO1. The molecule has 2 heteroatoms. The van der Waals surface area contributed by atoms with Gasteiger partial charge in [-0.2, -0.15) is 0 Å². The summed E-state index contributed by atoms with van der Waals surface area (Å²) in [6, 6.07) is 0. The van der Waals surface area contributed by atoms with Crippen LogP contribution in [0.2, 0.25) is 0 Å². The number of hydrogen-bond donors (Lipinski definition) is 0. The summed E-state index contributed by atoms with van der Waals surface area (Å²) >= 11 is 0. The standard InChI is InChI=1S/C10H14O2/c1-9-6-4-3-5-7-11-10(2)8-12-9/h3-6,10H,1,7-8H2,2H3/b5-3-,6-4-. The lowest BCUT2D eigenvalue weighted by Crippen LogP contribution is -2.15. The van der Waals surface area contributed by atoms with Gasteiger partial charge in [0.05, 0.1) is 12.7 Å². The highest BCUT2D eigenvalue weighted by molar-refractivity contribution is 5.14. The number of allylic oxidation sites excluding steroid dienone is 3. The van der Waals surface area contributed by atoms with Gasteiger partial charge in [-0.3, -0.25) is 0 Å². The minimum Gasteiger partial charge on any atom is -0.492 e. The maximum atomic E-state index is 5.38. The second-order valence-electron chi connectivity index (χ2n) is 2.71. The lowest BCUT2D eigenvalue weighted by molar-refractivity contribution is 0.0298. The van der Waals surface area contributed by atoms with Gasteiger partial charge in [0.25, 0.3) is 0 Å². The molecular formula is C10H14O2. The van der Waals surface area contributed by atoms with Gasteiger partial charge in [0.2, 0.25) is 0 Å². The summed E-state index contributed by atoms with van der Waals surface area (Å²) in [4.78, 5) is 0. The van der Waals surface area contributed by atoms with Gasteiger partial charge in [0.15, 0.2) is 0 Å². The van der Waals surface area contributed by atoms with Crippen molar-refractivity contribution < 1.29 is 9.47 Å². The Bertz CT molecular complexity index is 204. The van der Waals surface area contributed by atoms with Crippen LogP contribution in [0.1, 0.15) is 6.92 Å². The van der Waals surface area contributed by atoms with Gasteiger partial charge in [-0.25, -0.2) is 0 Å². The quantitative estimate of drug-likeness (QED) is 0.548. The zero-order valence-electron chi connectivity index (χ0n) is 7.32. The van der Waals surface area contributed by atoms with Crippen molar-refractivity contribution in [2.24, 2.45) is 0 Å². The normalized spacial score (nSPS) is 30.4. The first-order valence-corrected chi connectivity index (χ1v) is 4.05. The summed E-state index contributed by atoms with van der Waals surface area (Å²) < 4.78 is 10.7. The first-order valence-electron chi connectivity index (χ1n) is 4.05. The van der Waals surface area contributed by atoms with Gasteiger partial charge in [0.1, 0.15) is 12.4 Å². The Morgan fingerprint density at radius 3 is 3.17 bits per heavy atom. The average molecular weight is 166 g/mol. The third-order valence-electron chi connectivity index (χ3n) is 1.51. The van der Waals surface area contributed by atoms with E-state index in [2.05, 4.69) is 6.58 Å². The van der Waals surface area contributed by atoms with E-state index in [1.54, 1.807) is 0 Å². The molecule has 0 aromatic rings. The molecular weight excluding hydrogens is 152 g/mol. The van der Waals surface area contributed by atoms with Gasteiger partial charge in [0, 0.05) is 0 Å². The second kappa shape index (κ2) is 4.78. The third kappa shape index (κ3) is 3.39. The molecule has 66 valence electrons. The van der Waals surface area contributed by atoms with E-state index in [-0.39, 0.29) is 6.10 Å². The highest BCUT2D eigenvalue weighted by Gasteiger charge is 2.01. The molecule has 0 aromatic heterocycles. The van der Waals surface area contributed by atoms with E-state index in [1.807, 2.05) is 31.2 Å². The monoisotopic (exact) mass is 166 g/mol. The van der Waals surface area contributed by atoms with E-state index >= 15 is 0 Å². The molecule has 0 bridgehead atoms. The molecule has 0 fully saturated rings. The molecule has 1 aliphatic rings. The van der Waals surface area contributed by atoms with Crippen LogP contribution in [-0.2, 0) is 9.47 Å². The van der Waals surface area contributed by atoms with Crippen molar-refractivity contribution >= 4 is 0 Å². The predicted molar refractivity (Wildman–Crippen MR) is 48.8 cm³/mol. The first kappa shape index (κ1) is 9.07. The molecule has 0 amide bonds. The Morgan fingerprint density at radius 2 is 2.33 bits per heavy atom. The van der Waals surface area contributed by atoms with Crippen LogP contribution in [0.4, 0.5) is 0 Å². The topological polar surface area (TPSA) is 18.5 Å². The summed E-state index contributed by atoms with van der Waals surface area (Å²) in [5, 5.41) is 0. The Labute approximate surface area is 73.2 Å². The van der Waals surface area contributed by atoms with Crippen molar-refractivity contribution in [3.8, 4) is 0 Å². The summed E-state index contributed by atoms with van der Waals surface area (Å²) in [6.07, 6.45) is 7.74. The van der Waals surface area contributed by atoms with E-state index in [0.29, 0.717) is 19.0 Å². The fraction of sp³-hybridized carbons (Fsp3) is 0.400. The van der Waals surface area contributed by atoms with E-state index in [0.717, 1.165) is 0 Å². The largest absolute Gasteiger partial charge is 0.492 e. The smallest absolute Gasteiger partial charge is 0.114 e. The highest BCUT2D eigenvalue weighted by Crippen LogP contribution is 2.02. The molecule has 0 aliphatic carbocycles. The molecule has 0 saturated carbocycles. The second-order valence-corrected chi connectivity index (χ2v) is 2.71. The summed E-state index contributed by atoms with van der Waals surface area (Å²) in [7, 11) is 0. The van der Waals surface area contributed by atoms with Gasteiger partial charge in [-0.15, -0.1) is 0 Å². The zero-order chi connectivity index (χ0) is 8.81. The fourth-order valence-corrected chi connectivity index (χ4v) is 0.837. The van der Waals surface area contributed by atoms with Crippen molar-refractivity contribution in [3.05, 3.63) is 36.6 Å². The van der Waals surface area contributed by atoms with Crippen molar-refractivity contribution in [2.45, 2.75) is 13.0 Å². The Balaban J connectivity index is 2.51. The summed E-state index contributed by atoms with van der Waals surface area (Å²) in [5.41, 5.74) is 0. The average Bonchev–Trinajstić information content (AvgIpc) is 2.07. The number of hydrogen-bond acceptors (Lipinski definition) is 2. The fourth-order valence-electron chi connectivity index (χ4n) is 0.837. The molecule has 0 spiro atoms. The molecule has 1 unspecified atom stereocenters. The van der Waals surface area contributed by atoms with Gasteiger partial charge in [-0.05, 0) is 13.0 Å². The number of ether oxygens (including phenoxy) is 2. The van der Waals surface area contributed by atoms with Crippen LogP contribution in [-0.4, -0.2) is 19.3 Å². The van der Waals surface area contributed by atoms with Crippen molar-refractivity contribution in [1.29, 1.82) is 0 Å². The van der Waals surface area contributed by atoms with E-state index in [1.165, 1.54) is 0 Å². The van der Waals surface area contributed by atoms with E-state index in [4.69, 9.17) is 9.47 Å². The molecule has 0 radical (unpaired) electrons. The van der Waals surface area contributed by atoms with Gasteiger partial charge in [-0.1, -0.05) is 24.8 Å². The molecule has 1 aliphatic heterocycles. The zero-order valence-corrected chi connectivity index (χ0v) is 7.32. The molecule has 1 heterocycles. The van der Waals surface area contributed by atoms with E-state index < -0.39 is 0 Å². The Hall–Kier alpha value is -1.02. The van der Waals surface area contributed by atoms with Crippen LogP contribution in [0.25, 0.3) is 0 Å². The molecule has 2 nitrogen and oxygen atoms in total. The van der Waals surface area contributed by atoms with Crippen molar-refractivity contribution in [1.82, 2.24) is 0 Å². The molecule has 12 heavy (non-hydrogen) atoms. The van der Waals surface area contributed by atoms with Crippen LogP contribution >= 0.6 is 0 Å². The minimum absolute atomic E-state index is 0.123. The molecule has 1 rings (SSSR count). The number of rotatable bonds is 0. The highest BCUT2D eigenvalue weighted by atomic mass is 16.5. The molecule has 0 saturated heterocycles. The van der Waals surface area contributed by atoms with Crippen molar-refractivity contribution in [3.63, 3.8) is 0 Å². The summed E-state index contributed by atoms with van der Waals surface area (Å²) in [5.74, 6) is 0.678. The van der Waals surface area contributed by atoms with Crippen LogP contribution in [0.15, 0.2) is 36.6 Å². The Kier molecular flexibility index (Phi) is 3.61. The molecule has 0 aromatic carbocycles. The maximum Gasteiger partial charge on any atom is 0.114 e. The molecule has 1 atom stereocenters. The Morgan fingerprint density at radius 1 is 1.50 bits per heavy atom. The van der Waals surface area contributed by atoms with Crippen molar-refractivity contribution in [2.75, 3.05) is 13.2 Å². The van der Waals surface area contributed by atoms with Crippen LogP contribution in [0.3, 0.4) is 0 Å². The minimum atomic E-state index is 0.123. The summed E-state index contributed by atoms with van der Waals surface area (Å²) in [6.45, 7) is 6.91.